The molecule has 3 nitrogen and oxygen atoms in total. The van der Waals surface area contributed by atoms with Crippen LogP contribution >= 0.6 is 0 Å². The fourth-order valence-corrected chi connectivity index (χ4v) is 1.27. The van der Waals surface area contributed by atoms with Gasteiger partial charge in [-0.2, -0.15) is 0 Å². The van der Waals surface area contributed by atoms with Gasteiger partial charge in [-0.05, 0) is 30.2 Å². The highest BCUT2D eigenvalue weighted by Gasteiger charge is 2.16. The van der Waals surface area contributed by atoms with Crippen molar-refractivity contribution in [3.63, 3.8) is 0 Å². The maximum atomic E-state index is 10.8. The molecule has 1 aliphatic heterocycles. The van der Waals surface area contributed by atoms with Crippen molar-refractivity contribution >= 4 is 5.97 Å². The summed E-state index contributed by atoms with van der Waals surface area (Å²) in [4.78, 5) is 10.8. The van der Waals surface area contributed by atoms with Crippen molar-refractivity contribution in [3.05, 3.63) is 23.8 Å². The standard InChI is InChI=1S/C9H8O3/c10-7-2-3-8-6(5-7)1-4-9(11)12-8/h2-3,5,10H,1,4H2. The van der Waals surface area contributed by atoms with Crippen molar-refractivity contribution in [2.24, 2.45) is 0 Å². The number of rotatable bonds is 0. The summed E-state index contributed by atoms with van der Waals surface area (Å²) >= 11 is 0. The van der Waals surface area contributed by atoms with Gasteiger partial charge in [0.2, 0.25) is 0 Å². The first kappa shape index (κ1) is 7.16. The molecule has 0 unspecified atom stereocenters. The predicted octanol–water partition coefficient (Wildman–Crippen LogP) is 1.24. The van der Waals surface area contributed by atoms with Crippen LogP contribution < -0.4 is 4.74 Å². The van der Waals surface area contributed by atoms with E-state index in [2.05, 4.69) is 0 Å². The van der Waals surface area contributed by atoms with Crippen LogP contribution in [0.3, 0.4) is 0 Å². The highest BCUT2D eigenvalue weighted by atomic mass is 16.5. The normalized spacial score (nSPS) is 15.2. The van der Waals surface area contributed by atoms with Crippen LogP contribution in [-0.2, 0) is 11.2 Å². The number of hydrogen-bond donors (Lipinski definition) is 1. The van der Waals surface area contributed by atoms with E-state index in [4.69, 9.17) is 9.84 Å². The Morgan fingerprint density at radius 2 is 2.17 bits per heavy atom. The van der Waals surface area contributed by atoms with Gasteiger partial charge in [0.05, 0.1) is 6.42 Å². The van der Waals surface area contributed by atoms with Crippen molar-refractivity contribution in [3.8, 4) is 11.5 Å². The average molecular weight is 164 g/mol. The number of fused-ring (bicyclic) bond motifs is 1. The first-order chi connectivity index (χ1) is 5.75. The molecule has 1 aliphatic rings. The van der Waals surface area contributed by atoms with Crippen LogP contribution in [-0.4, -0.2) is 11.1 Å². The van der Waals surface area contributed by atoms with E-state index in [-0.39, 0.29) is 11.7 Å². The highest BCUT2D eigenvalue weighted by molar-refractivity contribution is 5.75. The molecule has 1 aromatic carbocycles. The van der Waals surface area contributed by atoms with E-state index in [9.17, 15) is 4.79 Å². The van der Waals surface area contributed by atoms with Gasteiger partial charge in [-0.3, -0.25) is 4.79 Å². The van der Waals surface area contributed by atoms with E-state index < -0.39 is 0 Å². The minimum atomic E-state index is -0.201. The second-order valence-electron chi connectivity index (χ2n) is 2.77. The van der Waals surface area contributed by atoms with Gasteiger partial charge in [-0.15, -0.1) is 0 Å². The quantitative estimate of drug-likeness (QED) is 0.463. The Hall–Kier alpha value is -1.51. The van der Waals surface area contributed by atoms with Gasteiger partial charge in [0.15, 0.2) is 0 Å². The number of hydrogen-bond acceptors (Lipinski definition) is 3. The molecule has 1 heterocycles. The van der Waals surface area contributed by atoms with Crippen LogP contribution in [0, 0.1) is 0 Å². The van der Waals surface area contributed by atoms with Crippen LogP contribution in [0.25, 0.3) is 0 Å². The molecule has 1 aromatic rings. The van der Waals surface area contributed by atoms with Crippen LogP contribution in [0.5, 0.6) is 11.5 Å². The first-order valence-corrected chi connectivity index (χ1v) is 3.78. The van der Waals surface area contributed by atoms with Gasteiger partial charge >= 0.3 is 5.97 Å². The van der Waals surface area contributed by atoms with Gasteiger partial charge in [-0.25, -0.2) is 0 Å². The van der Waals surface area contributed by atoms with Crippen molar-refractivity contribution in [2.75, 3.05) is 0 Å². The van der Waals surface area contributed by atoms with E-state index in [0.29, 0.717) is 18.6 Å². The number of ether oxygens (including phenoxy) is 1. The SMILES string of the molecule is O=C1CCc2cc(O)ccc2O1. The number of carbonyl (C=O) groups excluding carboxylic acids is 1. The first-order valence-electron chi connectivity index (χ1n) is 3.78. The van der Waals surface area contributed by atoms with Crippen LogP contribution in [0.2, 0.25) is 0 Å². The molecule has 3 heteroatoms. The molecule has 0 aliphatic carbocycles. The van der Waals surface area contributed by atoms with E-state index in [1.807, 2.05) is 0 Å². The zero-order valence-electron chi connectivity index (χ0n) is 6.41. The Bertz CT molecular complexity index is 331. The highest BCUT2D eigenvalue weighted by Crippen LogP contribution is 2.28. The number of phenolic OH excluding ortho intramolecular Hbond substituents is 1. The molecule has 0 saturated heterocycles. The lowest BCUT2D eigenvalue weighted by Crippen LogP contribution is -2.15. The Balaban J connectivity index is 2.43. The van der Waals surface area contributed by atoms with Crippen molar-refractivity contribution in [2.45, 2.75) is 12.8 Å². The molecular weight excluding hydrogens is 156 g/mol. The third-order valence-electron chi connectivity index (χ3n) is 1.87. The summed E-state index contributed by atoms with van der Waals surface area (Å²) in [6, 6.07) is 4.75. The van der Waals surface area contributed by atoms with E-state index >= 15 is 0 Å². The molecule has 1 N–H and O–H groups in total. The average Bonchev–Trinajstić information content (AvgIpc) is 2.05. The minimum absolute atomic E-state index is 0.201. The lowest BCUT2D eigenvalue weighted by atomic mass is 10.1. The molecular formula is C9H8O3. The topological polar surface area (TPSA) is 46.5 Å². The Morgan fingerprint density at radius 3 is 3.00 bits per heavy atom. The van der Waals surface area contributed by atoms with Crippen molar-refractivity contribution in [1.29, 1.82) is 0 Å². The Labute approximate surface area is 69.6 Å². The zero-order chi connectivity index (χ0) is 8.55. The summed E-state index contributed by atoms with van der Waals surface area (Å²) in [5.74, 6) is 0.587. The number of benzene rings is 1. The van der Waals surface area contributed by atoms with Crippen molar-refractivity contribution in [1.82, 2.24) is 0 Å². The summed E-state index contributed by atoms with van der Waals surface area (Å²) in [7, 11) is 0. The molecule has 0 radical (unpaired) electrons. The predicted molar refractivity (Wildman–Crippen MR) is 42.1 cm³/mol. The number of aryl methyl sites for hydroxylation is 1. The lowest BCUT2D eigenvalue weighted by molar-refractivity contribution is -0.135. The lowest BCUT2D eigenvalue weighted by Gasteiger charge is -2.14. The molecule has 0 amide bonds. The maximum absolute atomic E-state index is 10.8. The zero-order valence-corrected chi connectivity index (χ0v) is 6.41. The number of esters is 1. The molecule has 0 spiro atoms. The Kier molecular flexibility index (Phi) is 1.50. The van der Waals surface area contributed by atoms with Crippen LogP contribution in [0.4, 0.5) is 0 Å². The second kappa shape index (κ2) is 2.52. The van der Waals surface area contributed by atoms with E-state index in [1.165, 1.54) is 6.07 Å². The van der Waals surface area contributed by atoms with Gasteiger partial charge in [0.1, 0.15) is 11.5 Å². The summed E-state index contributed by atoms with van der Waals surface area (Å²) in [6.07, 6.45) is 1.05. The third-order valence-corrected chi connectivity index (χ3v) is 1.87. The molecule has 0 atom stereocenters. The fourth-order valence-electron chi connectivity index (χ4n) is 1.27. The molecule has 0 aromatic heterocycles. The van der Waals surface area contributed by atoms with Crippen LogP contribution in [0.15, 0.2) is 18.2 Å². The summed E-state index contributed by atoms with van der Waals surface area (Å²) in [5, 5.41) is 9.11. The van der Waals surface area contributed by atoms with Gasteiger partial charge in [0, 0.05) is 0 Å². The van der Waals surface area contributed by atoms with Crippen molar-refractivity contribution < 1.29 is 14.6 Å². The molecule has 2 rings (SSSR count). The molecule has 12 heavy (non-hydrogen) atoms. The Morgan fingerprint density at radius 1 is 1.33 bits per heavy atom. The number of phenols is 1. The largest absolute Gasteiger partial charge is 0.508 e. The smallest absolute Gasteiger partial charge is 0.311 e. The van der Waals surface area contributed by atoms with Gasteiger partial charge in [-0.1, -0.05) is 0 Å². The summed E-state index contributed by atoms with van der Waals surface area (Å²) < 4.78 is 4.94. The third kappa shape index (κ3) is 1.13. The van der Waals surface area contributed by atoms with E-state index in [1.54, 1.807) is 12.1 Å². The minimum Gasteiger partial charge on any atom is -0.508 e. The second-order valence-corrected chi connectivity index (χ2v) is 2.77. The molecule has 0 saturated carbocycles. The van der Waals surface area contributed by atoms with Crippen LogP contribution in [0.1, 0.15) is 12.0 Å². The number of carbonyl (C=O) groups is 1. The monoisotopic (exact) mass is 164 g/mol. The van der Waals surface area contributed by atoms with E-state index in [0.717, 1.165) is 5.56 Å². The maximum Gasteiger partial charge on any atom is 0.311 e. The summed E-state index contributed by atoms with van der Waals surface area (Å²) in [6.45, 7) is 0. The summed E-state index contributed by atoms with van der Waals surface area (Å²) in [5.41, 5.74) is 0.898. The number of aromatic hydroxyl groups is 1. The van der Waals surface area contributed by atoms with Gasteiger partial charge in [0.25, 0.3) is 0 Å². The fraction of sp³-hybridized carbons (Fsp3) is 0.222. The molecule has 0 bridgehead atoms. The van der Waals surface area contributed by atoms with Gasteiger partial charge < -0.3 is 9.84 Å². The molecule has 0 fully saturated rings. The molecule has 62 valence electrons.